The molecule has 136 valence electrons. The van der Waals surface area contributed by atoms with Gasteiger partial charge in [-0.05, 0) is 53.9 Å². The van der Waals surface area contributed by atoms with E-state index in [0.29, 0.717) is 11.2 Å². The number of thiophene rings is 2. The van der Waals surface area contributed by atoms with E-state index in [1.807, 2.05) is 41.1 Å². The number of benzene rings is 1. The quantitative estimate of drug-likeness (QED) is 0.500. The SMILES string of the molecule is O=S(=O)(Nc1ccc2nc(-c3cccs3)c(-c3cccs3)nc2c1)C1CC1. The third-order valence-corrected chi connectivity index (χ3v) is 8.02. The maximum atomic E-state index is 12.2. The zero-order valence-electron chi connectivity index (χ0n) is 14.1. The van der Waals surface area contributed by atoms with E-state index >= 15 is 0 Å². The van der Waals surface area contributed by atoms with Gasteiger partial charge >= 0.3 is 0 Å². The van der Waals surface area contributed by atoms with Gasteiger partial charge in [-0.2, -0.15) is 0 Å². The lowest BCUT2D eigenvalue weighted by Crippen LogP contribution is -2.17. The van der Waals surface area contributed by atoms with Crippen molar-refractivity contribution >= 4 is 49.4 Å². The molecular formula is C19H15N3O2S3. The molecule has 5 rings (SSSR count). The first kappa shape index (κ1) is 16.9. The van der Waals surface area contributed by atoms with E-state index in [1.165, 1.54) is 0 Å². The van der Waals surface area contributed by atoms with Crippen molar-refractivity contribution in [3.63, 3.8) is 0 Å². The summed E-state index contributed by atoms with van der Waals surface area (Å²) in [5, 5.41) is 3.77. The highest BCUT2D eigenvalue weighted by Crippen LogP contribution is 2.36. The molecule has 1 fully saturated rings. The van der Waals surface area contributed by atoms with Gasteiger partial charge in [-0.25, -0.2) is 18.4 Å². The van der Waals surface area contributed by atoms with E-state index in [9.17, 15) is 8.42 Å². The Morgan fingerprint density at radius 1 is 0.889 bits per heavy atom. The summed E-state index contributed by atoms with van der Waals surface area (Å²) in [4.78, 5) is 11.8. The number of nitrogens with zero attached hydrogens (tertiary/aromatic N) is 2. The number of rotatable bonds is 5. The molecule has 1 saturated carbocycles. The maximum absolute atomic E-state index is 12.2. The molecule has 1 aromatic carbocycles. The summed E-state index contributed by atoms with van der Waals surface area (Å²) in [5.41, 5.74) is 3.63. The van der Waals surface area contributed by atoms with Gasteiger partial charge in [-0.15, -0.1) is 22.7 Å². The van der Waals surface area contributed by atoms with E-state index in [2.05, 4.69) is 4.72 Å². The molecule has 1 aliphatic carbocycles. The number of hydrogen-bond acceptors (Lipinski definition) is 6. The first-order valence-corrected chi connectivity index (χ1v) is 11.8. The summed E-state index contributed by atoms with van der Waals surface area (Å²) < 4.78 is 27.1. The van der Waals surface area contributed by atoms with Crippen molar-refractivity contribution in [2.75, 3.05) is 4.72 Å². The number of sulfonamides is 1. The summed E-state index contributed by atoms with van der Waals surface area (Å²) in [6, 6.07) is 13.4. The lowest BCUT2D eigenvalue weighted by atomic mass is 10.2. The van der Waals surface area contributed by atoms with Crippen LogP contribution in [0.4, 0.5) is 5.69 Å². The van der Waals surface area contributed by atoms with Gasteiger partial charge in [0.05, 0.1) is 31.7 Å². The number of aromatic nitrogens is 2. The summed E-state index contributed by atoms with van der Waals surface area (Å²) in [7, 11) is -3.30. The van der Waals surface area contributed by atoms with Gasteiger partial charge in [0.25, 0.3) is 0 Å². The van der Waals surface area contributed by atoms with Crippen LogP contribution in [0, 0.1) is 0 Å². The summed E-state index contributed by atoms with van der Waals surface area (Å²) in [6.45, 7) is 0. The van der Waals surface area contributed by atoms with E-state index in [1.54, 1.807) is 34.8 Å². The highest BCUT2D eigenvalue weighted by atomic mass is 32.2. The fraction of sp³-hybridized carbons (Fsp3) is 0.158. The minimum atomic E-state index is -3.30. The zero-order valence-corrected chi connectivity index (χ0v) is 16.6. The van der Waals surface area contributed by atoms with E-state index in [4.69, 9.17) is 9.97 Å². The van der Waals surface area contributed by atoms with Crippen molar-refractivity contribution in [2.45, 2.75) is 18.1 Å². The van der Waals surface area contributed by atoms with Crippen LogP contribution in [0.2, 0.25) is 0 Å². The number of fused-ring (bicyclic) bond motifs is 1. The highest BCUT2D eigenvalue weighted by molar-refractivity contribution is 7.93. The van der Waals surface area contributed by atoms with Gasteiger partial charge in [-0.1, -0.05) is 12.1 Å². The summed E-state index contributed by atoms with van der Waals surface area (Å²) in [5.74, 6) is 0. The van der Waals surface area contributed by atoms with E-state index < -0.39 is 10.0 Å². The molecule has 0 bridgehead atoms. The molecule has 0 amide bonds. The molecule has 0 radical (unpaired) electrons. The highest BCUT2D eigenvalue weighted by Gasteiger charge is 2.35. The largest absolute Gasteiger partial charge is 0.283 e. The lowest BCUT2D eigenvalue weighted by molar-refractivity contribution is 0.600. The van der Waals surface area contributed by atoms with Crippen molar-refractivity contribution in [3.05, 3.63) is 53.2 Å². The normalized spacial score (nSPS) is 14.5. The molecule has 0 atom stereocenters. The first-order valence-electron chi connectivity index (χ1n) is 8.51. The first-order chi connectivity index (χ1) is 13.1. The monoisotopic (exact) mass is 413 g/mol. The Hall–Kier alpha value is -2.29. The minimum Gasteiger partial charge on any atom is -0.283 e. The number of hydrogen-bond donors (Lipinski definition) is 1. The molecule has 1 N–H and O–H groups in total. The van der Waals surface area contributed by atoms with Crippen LogP contribution >= 0.6 is 22.7 Å². The Morgan fingerprint density at radius 2 is 1.52 bits per heavy atom. The molecule has 0 unspecified atom stereocenters. The third kappa shape index (κ3) is 3.24. The Labute approximate surface area is 164 Å². The Kier molecular flexibility index (Phi) is 3.99. The zero-order chi connectivity index (χ0) is 18.4. The Morgan fingerprint density at radius 3 is 2.07 bits per heavy atom. The standard InChI is InChI=1S/C19H15N3O2S3/c23-27(24,13-6-7-13)22-12-5-8-14-15(11-12)21-19(17-4-2-10-26-17)18(20-14)16-3-1-9-25-16/h1-5,8-11,13,22H,6-7H2. The van der Waals surface area contributed by atoms with Crippen LogP contribution in [0.3, 0.4) is 0 Å². The second-order valence-electron chi connectivity index (χ2n) is 6.43. The molecule has 5 nitrogen and oxygen atoms in total. The van der Waals surface area contributed by atoms with Crippen molar-refractivity contribution in [1.29, 1.82) is 0 Å². The van der Waals surface area contributed by atoms with Crippen LogP contribution in [0.15, 0.2) is 53.2 Å². The van der Waals surface area contributed by atoms with Crippen LogP contribution in [0.5, 0.6) is 0 Å². The van der Waals surface area contributed by atoms with Crippen LogP contribution in [0.25, 0.3) is 32.2 Å². The fourth-order valence-electron chi connectivity index (χ4n) is 2.91. The Balaban J connectivity index is 1.64. The van der Waals surface area contributed by atoms with Crippen molar-refractivity contribution in [1.82, 2.24) is 9.97 Å². The molecule has 3 aromatic heterocycles. The Bertz CT molecular complexity index is 1210. The van der Waals surface area contributed by atoms with Crippen molar-refractivity contribution < 1.29 is 8.42 Å². The molecule has 4 aromatic rings. The second-order valence-corrected chi connectivity index (χ2v) is 10.3. The third-order valence-electron chi connectivity index (χ3n) is 4.40. The van der Waals surface area contributed by atoms with Crippen LogP contribution in [-0.2, 0) is 10.0 Å². The second kappa shape index (κ2) is 6.40. The maximum Gasteiger partial charge on any atom is 0.235 e. The van der Waals surface area contributed by atoms with Gasteiger partial charge in [0, 0.05) is 0 Å². The predicted octanol–water partition coefficient (Wildman–Crippen LogP) is 4.99. The fourth-order valence-corrected chi connectivity index (χ4v) is 5.72. The summed E-state index contributed by atoms with van der Waals surface area (Å²) >= 11 is 3.24. The van der Waals surface area contributed by atoms with Gasteiger partial charge in [-0.3, -0.25) is 4.72 Å². The van der Waals surface area contributed by atoms with E-state index in [-0.39, 0.29) is 5.25 Å². The molecule has 0 saturated heterocycles. The topological polar surface area (TPSA) is 72.0 Å². The lowest BCUT2D eigenvalue weighted by Gasteiger charge is -2.10. The molecule has 0 aliphatic heterocycles. The van der Waals surface area contributed by atoms with Crippen molar-refractivity contribution in [3.8, 4) is 21.1 Å². The molecule has 27 heavy (non-hydrogen) atoms. The average molecular weight is 414 g/mol. The molecule has 8 heteroatoms. The molecule has 3 heterocycles. The van der Waals surface area contributed by atoms with Gasteiger partial charge < -0.3 is 0 Å². The number of anilines is 1. The van der Waals surface area contributed by atoms with Crippen LogP contribution < -0.4 is 4.72 Å². The average Bonchev–Trinajstić information content (AvgIpc) is 3.16. The number of nitrogens with one attached hydrogen (secondary N) is 1. The predicted molar refractivity (Wildman–Crippen MR) is 112 cm³/mol. The van der Waals surface area contributed by atoms with Crippen molar-refractivity contribution in [2.24, 2.45) is 0 Å². The van der Waals surface area contributed by atoms with Crippen LogP contribution in [-0.4, -0.2) is 23.6 Å². The molecule has 1 aliphatic rings. The van der Waals surface area contributed by atoms with Crippen LogP contribution in [0.1, 0.15) is 12.8 Å². The smallest absolute Gasteiger partial charge is 0.235 e. The minimum absolute atomic E-state index is 0.262. The van der Waals surface area contributed by atoms with Gasteiger partial charge in [0.15, 0.2) is 0 Å². The van der Waals surface area contributed by atoms with Gasteiger partial charge in [0.2, 0.25) is 10.0 Å². The van der Waals surface area contributed by atoms with E-state index in [0.717, 1.165) is 39.5 Å². The molecule has 0 spiro atoms. The van der Waals surface area contributed by atoms with Gasteiger partial charge in [0.1, 0.15) is 11.4 Å². The molecular weight excluding hydrogens is 398 g/mol. The summed E-state index contributed by atoms with van der Waals surface area (Å²) in [6.07, 6.45) is 1.46.